The van der Waals surface area contributed by atoms with E-state index in [1.165, 1.54) is 25.7 Å². The van der Waals surface area contributed by atoms with Crippen molar-refractivity contribution in [2.75, 3.05) is 13.6 Å². The Hall–Kier alpha value is -0.940. The molecule has 1 atom stereocenters. The summed E-state index contributed by atoms with van der Waals surface area (Å²) in [5.74, 6) is 0. The highest BCUT2D eigenvalue weighted by Gasteiger charge is 2.20. The Morgan fingerprint density at radius 2 is 2.32 bits per heavy atom. The smallest absolute Gasteiger partial charge is 0.0964 e. The average Bonchev–Trinajstić information content (AvgIpc) is 3.12. The number of nitrogens with one attached hydrogen (secondary N) is 1. The lowest BCUT2D eigenvalue weighted by Gasteiger charge is -2.23. The molecule has 1 heterocycles. The van der Waals surface area contributed by atoms with E-state index >= 15 is 0 Å². The van der Waals surface area contributed by atoms with Crippen molar-refractivity contribution >= 4 is 0 Å². The number of likely N-dealkylation sites (N-methyl/N-ethyl adjacent to an activating group) is 1. The van der Waals surface area contributed by atoms with E-state index in [1.807, 2.05) is 4.68 Å². The van der Waals surface area contributed by atoms with Gasteiger partial charge in [0, 0.05) is 31.4 Å². The fraction of sp³-hybridized carbons (Fsp3) is 0.857. The first-order valence-electron chi connectivity index (χ1n) is 7.51. The van der Waals surface area contributed by atoms with Gasteiger partial charge in [0.25, 0.3) is 0 Å². The second-order valence-electron chi connectivity index (χ2n) is 5.75. The van der Waals surface area contributed by atoms with Crippen LogP contribution in [0.3, 0.4) is 0 Å². The van der Waals surface area contributed by atoms with Gasteiger partial charge < -0.3 is 10.2 Å². The topological polar surface area (TPSA) is 46.0 Å². The molecule has 1 aliphatic rings. The molecule has 2 rings (SSSR count). The van der Waals surface area contributed by atoms with E-state index < -0.39 is 0 Å². The number of rotatable bonds is 9. The van der Waals surface area contributed by atoms with Crippen LogP contribution in [0.2, 0.25) is 0 Å². The minimum absolute atomic E-state index is 0.643. The molecular formula is C14H27N5. The molecule has 1 aromatic rings. The predicted octanol–water partition coefficient (Wildman–Crippen LogP) is 1.65. The minimum atomic E-state index is 0.643. The number of hydrogen-bond acceptors (Lipinski definition) is 4. The summed E-state index contributed by atoms with van der Waals surface area (Å²) in [6, 6.07) is 1.37. The maximum Gasteiger partial charge on any atom is 0.0964 e. The molecule has 0 radical (unpaired) electrons. The summed E-state index contributed by atoms with van der Waals surface area (Å²) in [6.07, 6.45) is 7.19. The SMILES string of the molecule is CCCC(C)N(C)CCn1cc(CNC2CC2)nn1. The van der Waals surface area contributed by atoms with E-state index in [-0.39, 0.29) is 0 Å². The van der Waals surface area contributed by atoms with E-state index in [0.29, 0.717) is 6.04 Å². The molecule has 0 saturated heterocycles. The van der Waals surface area contributed by atoms with Crippen molar-refractivity contribution < 1.29 is 0 Å². The van der Waals surface area contributed by atoms with Crippen molar-refractivity contribution in [3.8, 4) is 0 Å². The predicted molar refractivity (Wildman–Crippen MR) is 76.9 cm³/mol. The number of nitrogens with zero attached hydrogens (tertiary/aromatic N) is 4. The van der Waals surface area contributed by atoms with Crippen molar-refractivity contribution in [1.82, 2.24) is 25.2 Å². The molecule has 1 N–H and O–H groups in total. The molecule has 0 amide bonds. The van der Waals surface area contributed by atoms with E-state index in [9.17, 15) is 0 Å². The zero-order valence-corrected chi connectivity index (χ0v) is 12.5. The van der Waals surface area contributed by atoms with Crippen molar-refractivity contribution in [2.24, 2.45) is 0 Å². The van der Waals surface area contributed by atoms with Crippen LogP contribution in [0, 0.1) is 0 Å². The quantitative estimate of drug-likeness (QED) is 0.737. The van der Waals surface area contributed by atoms with Gasteiger partial charge in [0.15, 0.2) is 0 Å². The number of aromatic nitrogens is 3. The van der Waals surface area contributed by atoms with Crippen LogP contribution >= 0.6 is 0 Å². The summed E-state index contributed by atoms with van der Waals surface area (Å²) in [4.78, 5) is 2.40. The van der Waals surface area contributed by atoms with Gasteiger partial charge in [-0.3, -0.25) is 4.68 Å². The monoisotopic (exact) mass is 265 g/mol. The lowest BCUT2D eigenvalue weighted by atomic mass is 10.2. The first-order chi connectivity index (χ1) is 9.19. The maximum atomic E-state index is 4.21. The molecule has 5 nitrogen and oxygen atoms in total. The first-order valence-corrected chi connectivity index (χ1v) is 7.51. The van der Waals surface area contributed by atoms with Crippen LogP contribution in [0.4, 0.5) is 0 Å². The molecule has 0 bridgehead atoms. The van der Waals surface area contributed by atoms with Crippen LogP contribution in [0.1, 0.15) is 45.2 Å². The van der Waals surface area contributed by atoms with E-state index in [2.05, 4.69) is 47.6 Å². The van der Waals surface area contributed by atoms with Crippen molar-refractivity contribution in [1.29, 1.82) is 0 Å². The third-order valence-corrected chi connectivity index (χ3v) is 3.88. The third-order valence-electron chi connectivity index (χ3n) is 3.88. The molecule has 1 fully saturated rings. The Balaban J connectivity index is 1.69. The minimum Gasteiger partial charge on any atom is -0.308 e. The molecule has 1 aromatic heterocycles. The van der Waals surface area contributed by atoms with Gasteiger partial charge in [-0.15, -0.1) is 5.10 Å². The van der Waals surface area contributed by atoms with Crippen LogP contribution in [-0.2, 0) is 13.1 Å². The summed E-state index contributed by atoms with van der Waals surface area (Å²) in [6.45, 7) is 7.32. The standard InChI is InChI=1S/C14H27N5/c1-4-5-12(2)18(3)8-9-19-11-14(16-17-19)10-15-13-6-7-13/h11-13,15H,4-10H2,1-3H3. The van der Waals surface area contributed by atoms with Crippen LogP contribution in [-0.4, -0.2) is 45.6 Å². The van der Waals surface area contributed by atoms with Gasteiger partial charge in [-0.1, -0.05) is 18.6 Å². The van der Waals surface area contributed by atoms with Gasteiger partial charge >= 0.3 is 0 Å². The normalized spacial score (nSPS) is 17.1. The van der Waals surface area contributed by atoms with E-state index in [1.54, 1.807) is 0 Å². The molecule has 1 unspecified atom stereocenters. The highest BCUT2D eigenvalue weighted by molar-refractivity contribution is 4.94. The van der Waals surface area contributed by atoms with Crippen molar-refractivity contribution in [3.63, 3.8) is 0 Å². The fourth-order valence-electron chi connectivity index (χ4n) is 2.18. The Morgan fingerprint density at radius 3 is 3.00 bits per heavy atom. The Morgan fingerprint density at radius 1 is 1.53 bits per heavy atom. The van der Waals surface area contributed by atoms with Gasteiger partial charge in [-0.05, 0) is 33.2 Å². The summed E-state index contributed by atoms with van der Waals surface area (Å²) in [5, 5.41) is 11.9. The second kappa shape index (κ2) is 7.01. The molecule has 1 aliphatic carbocycles. The molecule has 0 aromatic carbocycles. The molecule has 19 heavy (non-hydrogen) atoms. The molecule has 0 aliphatic heterocycles. The molecule has 5 heteroatoms. The van der Waals surface area contributed by atoms with E-state index in [4.69, 9.17) is 0 Å². The molecular weight excluding hydrogens is 238 g/mol. The van der Waals surface area contributed by atoms with Crippen molar-refractivity contribution in [3.05, 3.63) is 11.9 Å². The zero-order valence-electron chi connectivity index (χ0n) is 12.5. The fourth-order valence-corrected chi connectivity index (χ4v) is 2.18. The Labute approximate surface area is 116 Å². The summed E-state index contributed by atoms with van der Waals surface area (Å²) < 4.78 is 1.96. The highest BCUT2D eigenvalue weighted by Crippen LogP contribution is 2.18. The number of hydrogen-bond donors (Lipinski definition) is 1. The first kappa shape index (κ1) is 14.5. The Kier molecular flexibility index (Phi) is 5.34. The average molecular weight is 265 g/mol. The highest BCUT2D eigenvalue weighted by atomic mass is 15.4. The molecule has 1 saturated carbocycles. The largest absolute Gasteiger partial charge is 0.308 e. The zero-order chi connectivity index (χ0) is 13.7. The summed E-state index contributed by atoms with van der Waals surface area (Å²) >= 11 is 0. The lowest BCUT2D eigenvalue weighted by Crippen LogP contribution is -2.32. The summed E-state index contributed by atoms with van der Waals surface area (Å²) in [5.41, 5.74) is 1.05. The summed E-state index contributed by atoms with van der Waals surface area (Å²) in [7, 11) is 2.19. The molecule has 108 valence electrons. The van der Waals surface area contributed by atoms with E-state index in [0.717, 1.165) is 31.4 Å². The Bertz CT molecular complexity index is 372. The van der Waals surface area contributed by atoms with Gasteiger partial charge in [-0.25, -0.2) is 0 Å². The van der Waals surface area contributed by atoms with Crippen LogP contribution in [0.15, 0.2) is 6.20 Å². The van der Waals surface area contributed by atoms with Crippen LogP contribution < -0.4 is 5.32 Å². The van der Waals surface area contributed by atoms with Crippen LogP contribution in [0.25, 0.3) is 0 Å². The van der Waals surface area contributed by atoms with Gasteiger partial charge in [0.1, 0.15) is 0 Å². The second-order valence-corrected chi connectivity index (χ2v) is 5.75. The molecule has 0 spiro atoms. The van der Waals surface area contributed by atoms with Gasteiger partial charge in [-0.2, -0.15) is 0 Å². The third kappa shape index (κ3) is 4.91. The van der Waals surface area contributed by atoms with Gasteiger partial charge in [0.2, 0.25) is 0 Å². The van der Waals surface area contributed by atoms with Crippen LogP contribution in [0.5, 0.6) is 0 Å². The maximum absolute atomic E-state index is 4.21. The lowest BCUT2D eigenvalue weighted by molar-refractivity contribution is 0.232. The van der Waals surface area contributed by atoms with Gasteiger partial charge in [0.05, 0.1) is 12.2 Å². The van der Waals surface area contributed by atoms with Crippen molar-refractivity contribution in [2.45, 2.75) is 64.7 Å².